The molecular weight excluding hydrogens is 492 g/mol. The topological polar surface area (TPSA) is 160 Å². The quantitative estimate of drug-likeness (QED) is 0.279. The van der Waals surface area contributed by atoms with Gasteiger partial charge in [-0.1, -0.05) is 24.3 Å². The van der Waals surface area contributed by atoms with E-state index in [1.54, 1.807) is 17.0 Å². The molecule has 2 aliphatic heterocycles. The van der Waals surface area contributed by atoms with Gasteiger partial charge in [0.05, 0.1) is 30.4 Å². The highest BCUT2D eigenvalue weighted by atomic mass is 16.7. The van der Waals surface area contributed by atoms with Gasteiger partial charge >= 0.3 is 0 Å². The SMILES string of the molecule is OC[C@H]1O[C@@H](n2cnc3c(/N=C4\c5ccccc5-c5c6c(cc7c(O)[nH]c4c57)OCO6)ncnc32)C[C@@H]1O. The number of benzene rings is 2. The number of ether oxygens (including phenoxy) is 3. The van der Waals surface area contributed by atoms with Crippen molar-refractivity contribution in [2.45, 2.75) is 24.9 Å². The predicted molar refractivity (Wildman–Crippen MR) is 134 cm³/mol. The van der Waals surface area contributed by atoms with Gasteiger partial charge in [-0.2, -0.15) is 0 Å². The third kappa shape index (κ3) is 2.84. The molecule has 0 bridgehead atoms. The highest BCUT2D eigenvalue weighted by molar-refractivity contribution is 6.30. The second kappa shape index (κ2) is 7.74. The van der Waals surface area contributed by atoms with E-state index < -0.39 is 18.4 Å². The Bertz CT molecular complexity index is 1810. The first kappa shape index (κ1) is 21.6. The minimum Gasteiger partial charge on any atom is -0.494 e. The number of nitrogens with zero attached hydrogens (tertiary/aromatic N) is 5. The fourth-order valence-corrected chi connectivity index (χ4v) is 5.62. The van der Waals surface area contributed by atoms with E-state index in [0.29, 0.717) is 51.7 Å². The largest absolute Gasteiger partial charge is 0.494 e. The van der Waals surface area contributed by atoms with Crippen molar-refractivity contribution >= 4 is 33.5 Å². The summed E-state index contributed by atoms with van der Waals surface area (Å²) in [5.74, 6) is 1.55. The Morgan fingerprint density at radius 2 is 2.00 bits per heavy atom. The Hall–Kier alpha value is -4.52. The summed E-state index contributed by atoms with van der Waals surface area (Å²) in [5.41, 5.74) is 4.71. The Morgan fingerprint density at radius 3 is 2.84 bits per heavy atom. The number of aliphatic hydroxyl groups excluding tert-OH is 2. The van der Waals surface area contributed by atoms with Crippen LogP contribution in [-0.2, 0) is 4.74 Å². The van der Waals surface area contributed by atoms with E-state index in [-0.39, 0.29) is 19.3 Å². The van der Waals surface area contributed by atoms with E-state index in [1.807, 2.05) is 24.3 Å². The minimum absolute atomic E-state index is 0.00236. The standard InChI is InChI=1S/C26H20N6O6/c33-7-16-14(34)6-17(38-16)32-9-29-22-24(27-8-28-25(22)32)30-20-12-4-2-1-3-11(12)19-18-13(26(35)31-21(18)20)5-15-23(19)37-10-36-15/h1-5,8-9,14,16-17,31,33-35H,6-7,10H2/b30-20+/t14-,16+,17+/m0/s1. The molecule has 0 amide bonds. The van der Waals surface area contributed by atoms with Crippen LogP contribution in [0, 0.1) is 0 Å². The van der Waals surface area contributed by atoms with Crippen LogP contribution < -0.4 is 9.47 Å². The maximum atomic E-state index is 10.8. The summed E-state index contributed by atoms with van der Waals surface area (Å²) in [4.78, 5) is 21.4. The molecule has 190 valence electrons. The summed E-state index contributed by atoms with van der Waals surface area (Å²) >= 11 is 0. The lowest BCUT2D eigenvalue weighted by Gasteiger charge is -2.20. The number of aliphatic hydroxyl groups is 2. The molecule has 5 heterocycles. The maximum Gasteiger partial charge on any atom is 0.231 e. The van der Waals surface area contributed by atoms with Gasteiger partial charge in [-0.15, -0.1) is 0 Å². The fraction of sp³-hybridized carbons (Fsp3) is 0.231. The van der Waals surface area contributed by atoms with E-state index >= 15 is 0 Å². The van der Waals surface area contributed by atoms with Crippen LogP contribution in [0.15, 0.2) is 48.0 Å². The van der Waals surface area contributed by atoms with Crippen LogP contribution in [0.4, 0.5) is 5.82 Å². The number of H-pyrrole nitrogens is 1. The van der Waals surface area contributed by atoms with Crippen LogP contribution >= 0.6 is 0 Å². The van der Waals surface area contributed by atoms with Crippen molar-refractivity contribution in [1.29, 1.82) is 0 Å². The molecule has 12 heteroatoms. The molecule has 1 fully saturated rings. The van der Waals surface area contributed by atoms with Crippen molar-refractivity contribution in [1.82, 2.24) is 24.5 Å². The van der Waals surface area contributed by atoms with Gasteiger partial charge in [0, 0.05) is 28.3 Å². The molecule has 3 aromatic heterocycles. The summed E-state index contributed by atoms with van der Waals surface area (Å²) in [6.07, 6.45) is 1.28. The highest BCUT2D eigenvalue weighted by Gasteiger charge is 2.36. The smallest absolute Gasteiger partial charge is 0.231 e. The average molecular weight is 512 g/mol. The number of nitrogens with one attached hydrogen (secondary N) is 1. The number of imidazole rings is 1. The molecule has 0 saturated carbocycles. The molecule has 1 saturated heterocycles. The van der Waals surface area contributed by atoms with Crippen molar-refractivity contribution in [3.8, 4) is 28.5 Å². The lowest BCUT2D eigenvalue weighted by molar-refractivity contribution is -0.0432. The number of hydrogen-bond acceptors (Lipinski definition) is 10. The molecule has 1 aliphatic carbocycles. The lowest BCUT2D eigenvalue weighted by Crippen LogP contribution is -2.24. The first-order chi connectivity index (χ1) is 18.6. The minimum atomic E-state index is -0.790. The lowest BCUT2D eigenvalue weighted by atomic mass is 9.85. The van der Waals surface area contributed by atoms with Gasteiger partial charge < -0.3 is 34.5 Å². The van der Waals surface area contributed by atoms with Gasteiger partial charge in [-0.3, -0.25) is 4.57 Å². The van der Waals surface area contributed by atoms with Crippen LogP contribution in [0.1, 0.15) is 23.9 Å². The Labute approximate surface area is 213 Å². The van der Waals surface area contributed by atoms with Gasteiger partial charge in [0.25, 0.3) is 0 Å². The molecule has 12 nitrogen and oxygen atoms in total. The number of rotatable bonds is 3. The molecule has 8 rings (SSSR count). The summed E-state index contributed by atoms with van der Waals surface area (Å²) < 4.78 is 19.0. The highest BCUT2D eigenvalue weighted by Crippen LogP contribution is 2.53. The first-order valence-corrected chi connectivity index (χ1v) is 12.1. The summed E-state index contributed by atoms with van der Waals surface area (Å²) in [7, 11) is 0. The molecule has 0 spiro atoms. The third-order valence-electron chi connectivity index (χ3n) is 7.35. The van der Waals surface area contributed by atoms with Crippen molar-refractivity contribution in [2.75, 3.05) is 13.4 Å². The van der Waals surface area contributed by atoms with Gasteiger partial charge in [-0.05, 0) is 11.6 Å². The zero-order valence-electron chi connectivity index (χ0n) is 19.7. The maximum absolute atomic E-state index is 10.8. The normalized spacial score (nSPS) is 22.6. The number of hydrogen-bond donors (Lipinski definition) is 4. The monoisotopic (exact) mass is 512 g/mol. The van der Waals surface area contributed by atoms with Gasteiger partial charge in [0.1, 0.15) is 18.7 Å². The Balaban J connectivity index is 1.33. The van der Waals surface area contributed by atoms with Crippen LogP contribution in [0.3, 0.4) is 0 Å². The molecule has 3 atom stereocenters. The van der Waals surface area contributed by atoms with E-state index in [2.05, 4.69) is 19.9 Å². The van der Waals surface area contributed by atoms with E-state index in [9.17, 15) is 15.3 Å². The number of aromatic nitrogens is 5. The second-order valence-corrected chi connectivity index (χ2v) is 9.40. The fourth-order valence-electron chi connectivity index (χ4n) is 5.62. The van der Waals surface area contributed by atoms with Crippen LogP contribution in [0.2, 0.25) is 0 Å². The molecule has 0 unspecified atom stereocenters. The zero-order chi connectivity index (χ0) is 25.5. The molecule has 0 radical (unpaired) electrons. The molecule has 38 heavy (non-hydrogen) atoms. The number of fused-ring (bicyclic) bond motifs is 5. The van der Waals surface area contributed by atoms with Crippen molar-refractivity contribution < 1.29 is 29.5 Å². The first-order valence-electron chi connectivity index (χ1n) is 12.1. The second-order valence-electron chi connectivity index (χ2n) is 9.40. The summed E-state index contributed by atoms with van der Waals surface area (Å²) in [6.45, 7) is -0.170. The molecule has 2 aromatic carbocycles. The van der Waals surface area contributed by atoms with Crippen LogP contribution in [0.5, 0.6) is 17.4 Å². The number of aromatic hydroxyl groups is 1. The predicted octanol–water partition coefficient (Wildman–Crippen LogP) is 2.53. The van der Waals surface area contributed by atoms with Crippen molar-refractivity contribution in [3.05, 3.63) is 54.2 Å². The summed E-state index contributed by atoms with van der Waals surface area (Å²) in [6, 6.07) is 9.57. The Morgan fingerprint density at radius 1 is 1.13 bits per heavy atom. The van der Waals surface area contributed by atoms with Crippen LogP contribution in [-0.4, -0.2) is 71.1 Å². The van der Waals surface area contributed by atoms with E-state index in [1.165, 1.54) is 6.33 Å². The number of aliphatic imine (C=N–C) groups is 1. The molecular formula is C26H20N6O6. The summed E-state index contributed by atoms with van der Waals surface area (Å²) in [5, 5.41) is 31.9. The van der Waals surface area contributed by atoms with Crippen LogP contribution in [0.25, 0.3) is 33.1 Å². The zero-order valence-corrected chi connectivity index (χ0v) is 19.7. The molecule has 4 N–H and O–H groups in total. The number of aromatic amines is 1. The third-order valence-corrected chi connectivity index (χ3v) is 7.35. The molecule has 3 aliphatic rings. The van der Waals surface area contributed by atoms with Crippen molar-refractivity contribution in [2.24, 2.45) is 4.99 Å². The van der Waals surface area contributed by atoms with E-state index in [0.717, 1.165) is 22.1 Å². The Kier molecular flexibility index (Phi) is 4.39. The van der Waals surface area contributed by atoms with Gasteiger partial charge in [-0.25, -0.2) is 19.9 Å². The van der Waals surface area contributed by atoms with Gasteiger partial charge in [0.2, 0.25) is 6.79 Å². The molecule has 5 aromatic rings. The average Bonchev–Trinajstić information content (AvgIpc) is 3.72. The van der Waals surface area contributed by atoms with E-state index in [4.69, 9.17) is 19.2 Å². The van der Waals surface area contributed by atoms with Crippen molar-refractivity contribution in [3.63, 3.8) is 0 Å². The van der Waals surface area contributed by atoms with Gasteiger partial charge in [0.15, 0.2) is 34.4 Å².